The molecule has 0 aliphatic carbocycles. The summed E-state index contributed by atoms with van der Waals surface area (Å²) in [6, 6.07) is 0. The standard InChI is InChI=1S/C41H87NO9Si4/c1-29(26-43)35-41(14,49-35)36(51-55(23,24)40(11,12)13)31(28-48-53(19,20)38(5,6)7)34(45)30(27-47-52(17,18)37(2,3)4)32(25-33(44)42(15)46-16)50-54(21,22)39(8,9)10/h29-32,35-36,43H,25-28H2,1-24H3/t29-,30+,31-,32+,35+,36-,41?/m0/s1. The van der Waals surface area contributed by atoms with Crippen LogP contribution in [0.15, 0.2) is 0 Å². The van der Waals surface area contributed by atoms with Crippen molar-refractivity contribution in [3.8, 4) is 0 Å². The van der Waals surface area contributed by atoms with Crippen molar-refractivity contribution in [3.63, 3.8) is 0 Å². The van der Waals surface area contributed by atoms with Crippen LogP contribution in [0, 0.1) is 17.8 Å². The van der Waals surface area contributed by atoms with Crippen molar-refractivity contribution >= 4 is 45.0 Å². The zero-order valence-electron chi connectivity index (χ0n) is 40.0. The molecule has 7 atom stereocenters. The van der Waals surface area contributed by atoms with E-state index >= 15 is 4.79 Å². The maximum absolute atomic E-state index is 16.1. The summed E-state index contributed by atoms with van der Waals surface area (Å²) < 4.78 is 35.1. The summed E-state index contributed by atoms with van der Waals surface area (Å²) in [7, 11) is -6.84. The lowest BCUT2D eigenvalue weighted by Crippen LogP contribution is -2.57. The van der Waals surface area contributed by atoms with Gasteiger partial charge in [0.2, 0.25) is 5.91 Å². The highest BCUT2D eigenvalue weighted by Gasteiger charge is 2.65. The number of hydrogen-bond donors (Lipinski definition) is 1. The molecule has 0 aromatic heterocycles. The van der Waals surface area contributed by atoms with Gasteiger partial charge < -0.3 is 27.5 Å². The van der Waals surface area contributed by atoms with Crippen LogP contribution in [0.25, 0.3) is 0 Å². The van der Waals surface area contributed by atoms with E-state index in [1.165, 1.54) is 12.2 Å². The van der Waals surface area contributed by atoms with E-state index in [2.05, 4.69) is 135 Å². The molecule has 14 heteroatoms. The minimum Gasteiger partial charge on any atom is -0.416 e. The molecule has 1 aliphatic heterocycles. The Bertz CT molecular complexity index is 1280. The van der Waals surface area contributed by atoms with Crippen LogP contribution in [-0.4, -0.2) is 113 Å². The highest BCUT2D eigenvalue weighted by Crippen LogP contribution is 2.51. The van der Waals surface area contributed by atoms with E-state index in [4.69, 9.17) is 27.3 Å². The summed E-state index contributed by atoms with van der Waals surface area (Å²) >= 11 is 0. The average molecular weight is 850 g/mol. The molecule has 0 aromatic carbocycles. The Hall–Kier alpha value is -0.272. The van der Waals surface area contributed by atoms with Gasteiger partial charge in [0.25, 0.3) is 0 Å². The number of nitrogens with zero attached hydrogens (tertiary/aromatic N) is 1. The Morgan fingerprint density at radius 1 is 0.709 bits per heavy atom. The molecule has 0 saturated carbocycles. The molecule has 1 amide bonds. The SMILES string of the molecule is CON(C)C(=O)C[C@@H](O[Si](C)(C)C(C)(C)C)[C@@H](CO[Si](C)(C)C(C)(C)C)C(=O)[C@H](CO[Si](C)(C)C(C)(C)C)[C@H](O[Si](C)(C)C(C)(C)C)C1(C)O[C@@H]1[C@@H](C)CO. The third-order valence-corrected chi connectivity index (χ3v) is 32.1. The Morgan fingerprint density at radius 2 is 1.09 bits per heavy atom. The zero-order chi connectivity index (χ0) is 43.8. The fourth-order valence-electron chi connectivity index (χ4n) is 5.56. The van der Waals surface area contributed by atoms with Crippen LogP contribution < -0.4 is 0 Å². The highest BCUT2D eigenvalue weighted by molar-refractivity contribution is 6.75. The number of ketones is 1. The quantitative estimate of drug-likeness (QED) is 0.0726. The molecule has 0 spiro atoms. The van der Waals surface area contributed by atoms with Gasteiger partial charge in [-0.25, -0.2) is 5.06 Å². The third kappa shape index (κ3) is 13.1. The molecule has 10 nitrogen and oxygen atoms in total. The van der Waals surface area contributed by atoms with Crippen molar-refractivity contribution in [2.24, 2.45) is 17.8 Å². The first-order valence-electron chi connectivity index (χ1n) is 20.5. The molecular weight excluding hydrogens is 763 g/mol. The molecule has 0 bridgehead atoms. The van der Waals surface area contributed by atoms with Gasteiger partial charge in [-0.05, 0) is 79.5 Å². The van der Waals surface area contributed by atoms with Gasteiger partial charge >= 0.3 is 0 Å². The number of epoxide rings is 1. The third-order valence-electron chi connectivity index (χ3n) is 14.1. The number of carbonyl (C=O) groups excluding carboxylic acids is 2. The van der Waals surface area contributed by atoms with Gasteiger partial charge in [0.05, 0.1) is 43.7 Å². The van der Waals surface area contributed by atoms with Crippen molar-refractivity contribution in [1.82, 2.24) is 5.06 Å². The summed E-state index contributed by atoms with van der Waals surface area (Å²) in [4.78, 5) is 35.2. The van der Waals surface area contributed by atoms with E-state index in [1.54, 1.807) is 7.05 Å². The second kappa shape index (κ2) is 18.1. The highest BCUT2D eigenvalue weighted by atomic mass is 28.4. The molecule has 55 heavy (non-hydrogen) atoms. The van der Waals surface area contributed by atoms with Gasteiger partial charge in [0, 0.05) is 32.8 Å². The van der Waals surface area contributed by atoms with Gasteiger partial charge in [0.1, 0.15) is 11.4 Å². The van der Waals surface area contributed by atoms with Crippen LogP contribution in [0.3, 0.4) is 0 Å². The second-order valence-electron chi connectivity index (χ2n) is 22.6. The van der Waals surface area contributed by atoms with Crippen LogP contribution >= 0.6 is 0 Å². The lowest BCUT2D eigenvalue weighted by molar-refractivity contribution is -0.171. The molecule has 1 saturated heterocycles. The first kappa shape index (κ1) is 52.7. The summed E-state index contributed by atoms with van der Waals surface area (Å²) in [6.07, 6.45) is -1.86. The molecule has 1 aliphatic rings. The maximum atomic E-state index is 16.1. The predicted octanol–water partition coefficient (Wildman–Crippen LogP) is 9.81. The number of Topliss-reactive ketones (excluding diaryl/α,β-unsaturated/α-hetero) is 1. The number of amides is 1. The molecule has 0 radical (unpaired) electrons. The lowest BCUT2D eigenvalue weighted by atomic mass is 9.79. The first-order chi connectivity index (χ1) is 24.2. The van der Waals surface area contributed by atoms with Crippen LogP contribution in [0.4, 0.5) is 0 Å². The van der Waals surface area contributed by atoms with Gasteiger partial charge in [-0.1, -0.05) is 90.0 Å². The van der Waals surface area contributed by atoms with Crippen molar-refractivity contribution in [2.75, 3.05) is 34.0 Å². The van der Waals surface area contributed by atoms with E-state index in [-0.39, 0.29) is 70.1 Å². The minimum atomic E-state index is -2.56. The lowest BCUT2D eigenvalue weighted by Gasteiger charge is -2.46. The first-order valence-corrected chi connectivity index (χ1v) is 32.1. The fourth-order valence-corrected chi connectivity index (χ4v) is 10.4. The van der Waals surface area contributed by atoms with E-state index in [9.17, 15) is 9.90 Å². The number of hydrogen-bond acceptors (Lipinski definition) is 9. The average Bonchev–Trinajstić information content (AvgIpc) is 3.69. The second-order valence-corrected chi connectivity index (χ2v) is 41.8. The topological polar surface area (TPSA) is 116 Å². The van der Waals surface area contributed by atoms with E-state index in [0.717, 1.165) is 0 Å². The monoisotopic (exact) mass is 850 g/mol. The molecule has 0 aromatic rings. The number of aliphatic hydroxyl groups is 1. The Balaban J connectivity index is 4.29. The van der Waals surface area contributed by atoms with Crippen molar-refractivity contribution < 1.29 is 42.0 Å². The number of hydroxylamine groups is 2. The molecule has 1 heterocycles. The molecule has 1 fully saturated rings. The van der Waals surface area contributed by atoms with Gasteiger partial charge in [-0.3, -0.25) is 14.4 Å². The van der Waals surface area contributed by atoms with E-state index in [0.29, 0.717) is 0 Å². The van der Waals surface area contributed by atoms with Crippen LogP contribution in [0.5, 0.6) is 0 Å². The fraction of sp³-hybridized carbons (Fsp3) is 0.951. The maximum Gasteiger partial charge on any atom is 0.248 e. The van der Waals surface area contributed by atoms with Crippen molar-refractivity contribution in [2.45, 2.75) is 200 Å². The Labute approximate surface area is 342 Å². The molecule has 326 valence electrons. The summed E-state index contributed by atoms with van der Waals surface area (Å²) in [5.41, 5.74) is -0.860. The molecule has 1 N–H and O–H groups in total. The molecular formula is C41H87NO9Si4. The van der Waals surface area contributed by atoms with E-state index in [1.807, 2.05) is 13.8 Å². The summed E-state index contributed by atoms with van der Waals surface area (Å²) in [5.74, 6) is -2.16. The number of rotatable bonds is 20. The van der Waals surface area contributed by atoms with Crippen molar-refractivity contribution in [1.29, 1.82) is 0 Å². The van der Waals surface area contributed by atoms with Crippen molar-refractivity contribution in [3.05, 3.63) is 0 Å². The minimum absolute atomic E-state index is 0.0489. The predicted molar refractivity (Wildman–Crippen MR) is 236 cm³/mol. The summed E-state index contributed by atoms with van der Waals surface area (Å²) in [6.45, 7) is 47.9. The van der Waals surface area contributed by atoms with Gasteiger partial charge in [0.15, 0.2) is 33.3 Å². The van der Waals surface area contributed by atoms with Crippen LogP contribution in [-0.2, 0) is 36.9 Å². The molecule has 1 rings (SSSR count). The Kier molecular flexibility index (Phi) is 17.4. The van der Waals surface area contributed by atoms with Crippen LogP contribution in [0.1, 0.15) is 103 Å². The Morgan fingerprint density at radius 3 is 1.45 bits per heavy atom. The van der Waals surface area contributed by atoms with Gasteiger partial charge in [-0.15, -0.1) is 0 Å². The number of aliphatic hydroxyl groups excluding tert-OH is 1. The zero-order valence-corrected chi connectivity index (χ0v) is 44.0. The normalized spacial score (nSPS) is 22.2. The van der Waals surface area contributed by atoms with Crippen LogP contribution in [0.2, 0.25) is 72.5 Å². The van der Waals surface area contributed by atoms with Gasteiger partial charge in [-0.2, -0.15) is 0 Å². The number of carbonyl (C=O) groups is 2. The molecule has 1 unspecified atom stereocenters. The smallest absolute Gasteiger partial charge is 0.248 e. The van der Waals surface area contributed by atoms with E-state index < -0.39 is 62.9 Å². The number of ether oxygens (including phenoxy) is 1. The summed E-state index contributed by atoms with van der Waals surface area (Å²) in [5, 5.41) is 10.9. The largest absolute Gasteiger partial charge is 0.416 e.